The van der Waals surface area contributed by atoms with E-state index in [0.29, 0.717) is 25.5 Å². The lowest BCUT2D eigenvalue weighted by molar-refractivity contribution is -0.144. The van der Waals surface area contributed by atoms with E-state index in [4.69, 9.17) is 10.5 Å². The zero-order chi connectivity index (χ0) is 12.4. The number of hydrogen-bond donors (Lipinski definition) is 1. The zero-order valence-electron chi connectivity index (χ0n) is 10.6. The molecule has 0 aliphatic heterocycles. The van der Waals surface area contributed by atoms with Crippen LogP contribution in [0.1, 0.15) is 39.5 Å². The molecule has 0 aliphatic carbocycles. The molecule has 16 heavy (non-hydrogen) atoms. The fourth-order valence-electron chi connectivity index (χ4n) is 1.64. The topological polar surface area (TPSA) is 52.3 Å². The molecule has 0 heterocycles. The first-order valence-corrected chi connectivity index (χ1v) is 6.06. The lowest BCUT2D eigenvalue weighted by atomic mass is 9.94. The summed E-state index contributed by atoms with van der Waals surface area (Å²) in [6, 6.07) is 0. The summed E-state index contributed by atoms with van der Waals surface area (Å²) in [6.07, 6.45) is 5.00. The number of carbonyl (C=O) groups is 1. The molecule has 0 amide bonds. The number of esters is 1. The average Bonchev–Trinajstić information content (AvgIpc) is 2.23. The van der Waals surface area contributed by atoms with Gasteiger partial charge in [-0.15, -0.1) is 6.58 Å². The van der Waals surface area contributed by atoms with E-state index in [2.05, 4.69) is 20.4 Å². The summed E-state index contributed by atoms with van der Waals surface area (Å²) in [6.45, 7) is 8.93. The second-order valence-electron chi connectivity index (χ2n) is 4.59. The van der Waals surface area contributed by atoms with Gasteiger partial charge in [-0.25, -0.2) is 0 Å². The predicted molar refractivity (Wildman–Crippen MR) is 67.0 cm³/mol. The van der Waals surface area contributed by atoms with E-state index in [1.165, 1.54) is 0 Å². The molecule has 0 fully saturated rings. The number of carbonyl (C=O) groups excluding carboxylic acids is 1. The Labute approximate surface area is 99.0 Å². The normalized spacial score (nSPS) is 12.5. The van der Waals surface area contributed by atoms with Crippen LogP contribution in [-0.2, 0) is 9.53 Å². The van der Waals surface area contributed by atoms with Crippen LogP contribution in [0.5, 0.6) is 0 Å². The average molecular weight is 227 g/mol. The maximum Gasteiger partial charge on any atom is 0.306 e. The van der Waals surface area contributed by atoms with Crippen molar-refractivity contribution in [3.05, 3.63) is 12.7 Å². The molecule has 0 aromatic heterocycles. The molecular formula is C13H25NO2. The summed E-state index contributed by atoms with van der Waals surface area (Å²) in [5, 5.41) is 0. The number of nitrogens with two attached hydrogens (primary N) is 1. The van der Waals surface area contributed by atoms with E-state index < -0.39 is 0 Å². The Balaban J connectivity index is 3.69. The molecular weight excluding hydrogens is 202 g/mol. The van der Waals surface area contributed by atoms with Crippen molar-refractivity contribution in [3.63, 3.8) is 0 Å². The number of rotatable bonds is 9. The summed E-state index contributed by atoms with van der Waals surface area (Å²) in [5.41, 5.74) is 5.62. The van der Waals surface area contributed by atoms with E-state index in [-0.39, 0.29) is 11.9 Å². The van der Waals surface area contributed by atoms with Crippen LogP contribution in [0, 0.1) is 11.8 Å². The van der Waals surface area contributed by atoms with Gasteiger partial charge in [0.15, 0.2) is 0 Å². The van der Waals surface area contributed by atoms with Crippen LogP contribution in [0.4, 0.5) is 0 Å². The lowest BCUT2D eigenvalue weighted by Gasteiger charge is -2.15. The first-order valence-electron chi connectivity index (χ1n) is 6.06. The van der Waals surface area contributed by atoms with Crippen LogP contribution < -0.4 is 5.73 Å². The summed E-state index contributed by atoms with van der Waals surface area (Å²) >= 11 is 0. The maximum atomic E-state index is 11.5. The second-order valence-corrected chi connectivity index (χ2v) is 4.59. The van der Waals surface area contributed by atoms with Gasteiger partial charge in [-0.1, -0.05) is 19.9 Å². The first-order chi connectivity index (χ1) is 7.60. The highest BCUT2D eigenvalue weighted by atomic mass is 16.5. The number of unbranched alkanes of at least 4 members (excludes halogenated alkanes) is 1. The highest BCUT2D eigenvalue weighted by molar-refractivity contribution is 5.69. The van der Waals surface area contributed by atoms with Crippen molar-refractivity contribution >= 4 is 5.97 Å². The molecule has 0 saturated heterocycles. The van der Waals surface area contributed by atoms with Gasteiger partial charge >= 0.3 is 5.97 Å². The van der Waals surface area contributed by atoms with Crippen LogP contribution >= 0.6 is 0 Å². The third kappa shape index (κ3) is 8.48. The molecule has 0 rings (SSSR count). The minimum atomic E-state index is -0.125. The Morgan fingerprint density at radius 2 is 2.19 bits per heavy atom. The predicted octanol–water partition coefficient (Wildman–Crippen LogP) is 2.51. The van der Waals surface area contributed by atoms with Gasteiger partial charge in [0, 0.05) is 6.42 Å². The molecule has 3 heteroatoms. The van der Waals surface area contributed by atoms with Gasteiger partial charge in [-0.3, -0.25) is 4.79 Å². The first kappa shape index (κ1) is 15.2. The summed E-state index contributed by atoms with van der Waals surface area (Å²) in [4.78, 5) is 11.5. The summed E-state index contributed by atoms with van der Waals surface area (Å²) in [7, 11) is 0. The quantitative estimate of drug-likeness (QED) is 0.374. The van der Waals surface area contributed by atoms with Crippen LogP contribution in [-0.4, -0.2) is 19.1 Å². The molecule has 0 radical (unpaired) electrons. The molecule has 0 aliphatic rings. The fourth-order valence-corrected chi connectivity index (χ4v) is 1.64. The third-order valence-electron chi connectivity index (χ3n) is 2.41. The Morgan fingerprint density at radius 3 is 2.69 bits per heavy atom. The smallest absolute Gasteiger partial charge is 0.306 e. The molecule has 0 bridgehead atoms. The highest BCUT2D eigenvalue weighted by Gasteiger charge is 2.14. The Hall–Kier alpha value is -0.830. The van der Waals surface area contributed by atoms with Crippen LogP contribution in [0.25, 0.3) is 0 Å². The van der Waals surface area contributed by atoms with Crippen molar-refractivity contribution < 1.29 is 9.53 Å². The van der Waals surface area contributed by atoms with Crippen molar-refractivity contribution in [2.75, 3.05) is 13.2 Å². The largest absolute Gasteiger partial charge is 0.466 e. The molecule has 3 nitrogen and oxygen atoms in total. The lowest BCUT2D eigenvalue weighted by Crippen LogP contribution is -2.21. The summed E-state index contributed by atoms with van der Waals surface area (Å²) in [5.74, 6) is 0.703. The van der Waals surface area contributed by atoms with E-state index in [1.54, 1.807) is 0 Å². The number of allylic oxidation sites excluding steroid dienone is 1. The molecule has 94 valence electrons. The van der Waals surface area contributed by atoms with Crippen molar-refractivity contribution in [1.82, 2.24) is 0 Å². The standard InChI is InChI=1S/C13H25NO2/c1-4-5-6-7-16-13(15)9-12(10-14)8-11(2)3/h4,11-12H,1,5-10,14H2,2-3H3/t12-/m0/s1. The number of ether oxygens (including phenoxy) is 1. The Morgan fingerprint density at radius 1 is 1.50 bits per heavy atom. The van der Waals surface area contributed by atoms with Gasteiger partial charge in [0.2, 0.25) is 0 Å². The van der Waals surface area contributed by atoms with Gasteiger partial charge in [0.1, 0.15) is 0 Å². The highest BCUT2D eigenvalue weighted by Crippen LogP contribution is 2.14. The van der Waals surface area contributed by atoms with Gasteiger partial charge in [0.25, 0.3) is 0 Å². The molecule has 0 aromatic rings. The van der Waals surface area contributed by atoms with Crippen molar-refractivity contribution in [1.29, 1.82) is 0 Å². The van der Waals surface area contributed by atoms with Gasteiger partial charge in [-0.05, 0) is 37.6 Å². The van der Waals surface area contributed by atoms with E-state index in [1.807, 2.05) is 6.08 Å². The molecule has 0 spiro atoms. The zero-order valence-corrected chi connectivity index (χ0v) is 10.6. The monoisotopic (exact) mass is 227 g/mol. The molecule has 2 N–H and O–H groups in total. The minimum absolute atomic E-state index is 0.125. The SMILES string of the molecule is C=CCCCOC(=O)C[C@@H](CN)CC(C)C. The Kier molecular flexibility index (Phi) is 8.91. The minimum Gasteiger partial charge on any atom is -0.466 e. The van der Waals surface area contributed by atoms with E-state index in [0.717, 1.165) is 19.3 Å². The van der Waals surface area contributed by atoms with Crippen LogP contribution in [0.3, 0.4) is 0 Å². The second kappa shape index (κ2) is 9.40. The molecule has 0 saturated carbocycles. The van der Waals surface area contributed by atoms with E-state index >= 15 is 0 Å². The number of hydrogen-bond acceptors (Lipinski definition) is 3. The van der Waals surface area contributed by atoms with Gasteiger partial charge < -0.3 is 10.5 Å². The van der Waals surface area contributed by atoms with Gasteiger partial charge in [0.05, 0.1) is 6.61 Å². The van der Waals surface area contributed by atoms with Crippen molar-refractivity contribution in [2.45, 2.75) is 39.5 Å². The summed E-state index contributed by atoms with van der Waals surface area (Å²) < 4.78 is 5.12. The fraction of sp³-hybridized carbons (Fsp3) is 0.769. The van der Waals surface area contributed by atoms with Gasteiger partial charge in [-0.2, -0.15) is 0 Å². The van der Waals surface area contributed by atoms with Crippen LogP contribution in [0.2, 0.25) is 0 Å². The van der Waals surface area contributed by atoms with Crippen molar-refractivity contribution in [2.24, 2.45) is 17.6 Å². The molecule has 1 atom stereocenters. The van der Waals surface area contributed by atoms with E-state index in [9.17, 15) is 4.79 Å². The third-order valence-corrected chi connectivity index (χ3v) is 2.41. The molecule has 0 unspecified atom stereocenters. The maximum absolute atomic E-state index is 11.5. The van der Waals surface area contributed by atoms with Crippen molar-refractivity contribution in [3.8, 4) is 0 Å². The van der Waals surface area contributed by atoms with Crippen LogP contribution in [0.15, 0.2) is 12.7 Å². The molecule has 0 aromatic carbocycles. The Bertz CT molecular complexity index is 202.